The fourth-order valence-electron chi connectivity index (χ4n) is 3.74. The highest BCUT2D eigenvalue weighted by atomic mass is 15.3. The van der Waals surface area contributed by atoms with Gasteiger partial charge in [-0.1, -0.05) is 0 Å². The molecule has 0 aliphatic carbocycles. The summed E-state index contributed by atoms with van der Waals surface area (Å²) in [4.78, 5) is 16.3. The van der Waals surface area contributed by atoms with Crippen molar-refractivity contribution in [1.29, 1.82) is 0 Å². The molecule has 2 saturated heterocycles. The van der Waals surface area contributed by atoms with Crippen molar-refractivity contribution in [3.63, 3.8) is 0 Å². The van der Waals surface area contributed by atoms with Crippen molar-refractivity contribution < 1.29 is 0 Å². The van der Waals surface area contributed by atoms with E-state index in [1.807, 2.05) is 24.7 Å². The summed E-state index contributed by atoms with van der Waals surface area (Å²) in [6.45, 7) is 7.27. The number of rotatable bonds is 4. The van der Waals surface area contributed by atoms with Crippen molar-refractivity contribution in [2.75, 3.05) is 51.2 Å². The Hall–Kier alpha value is -1.99. The first-order chi connectivity index (χ1) is 12.3. The van der Waals surface area contributed by atoms with Crippen LogP contribution in [0.1, 0.15) is 24.4 Å². The molecule has 2 fully saturated rings. The van der Waals surface area contributed by atoms with Gasteiger partial charge in [0.15, 0.2) is 0 Å². The Morgan fingerprint density at radius 1 is 1.08 bits per heavy atom. The number of anilines is 1. The van der Waals surface area contributed by atoms with E-state index in [-0.39, 0.29) is 0 Å². The summed E-state index contributed by atoms with van der Waals surface area (Å²) >= 11 is 0. The molecule has 0 saturated carbocycles. The summed E-state index contributed by atoms with van der Waals surface area (Å²) in [6.07, 6.45) is 10.4. The maximum absolute atomic E-state index is 4.61. The summed E-state index contributed by atoms with van der Waals surface area (Å²) < 4.78 is 2.10. The van der Waals surface area contributed by atoms with E-state index in [0.29, 0.717) is 6.04 Å². The van der Waals surface area contributed by atoms with Crippen LogP contribution in [-0.2, 0) is 6.54 Å². The van der Waals surface area contributed by atoms with Crippen LogP contribution in [0, 0.1) is 0 Å². The van der Waals surface area contributed by atoms with Crippen molar-refractivity contribution >= 4 is 5.95 Å². The Morgan fingerprint density at radius 3 is 2.60 bits per heavy atom. The van der Waals surface area contributed by atoms with Gasteiger partial charge in [-0.3, -0.25) is 9.58 Å². The summed E-state index contributed by atoms with van der Waals surface area (Å²) in [6, 6.07) is 2.48. The number of piperazine rings is 1. The van der Waals surface area contributed by atoms with E-state index in [4.69, 9.17) is 0 Å². The summed E-state index contributed by atoms with van der Waals surface area (Å²) in [5.41, 5.74) is 1.19. The quantitative estimate of drug-likeness (QED) is 0.835. The van der Waals surface area contributed by atoms with Crippen LogP contribution in [0.2, 0.25) is 0 Å². The SMILES string of the molecule is CN1CCN(c2ncc(CN3CCC[C@H](n4cccn4)C3)cn2)CC1. The van der Waals surface area contributed by atoms with Gasteiger partial charge in [0.25, 0.3) is 0 Å². The van der Waals surface area contributed by atoms with E-state index in [2.05, 4.69) is 47.7 Å². The van der Waals surface area contributed by atoms with E-state index < -0.39 is 0 Å². The van der Waals surface area contributed by atoms with Crippen molar-refractivity contribution in [2.45, 2.75) is 25.4 Å². The van der Waals surface area contributed by atoms with Crippen LogP contribution in [-0.4, -0.2) is 75.9 Å². The maximum Gasteiger partial charge on any atom is 0.225 e. The highest BCUT2D eigenvalue weighted by Gasteiger charge is 2.22. The molecule has 4 rings (SSSR count). The first-order valence-electron chi connectivity index (χ1n) is 9.24. The van der Waals surface area contributed by atoms with E-state index >= 15 is 0 Å². The minimum absolute atomic E-state index is 0.481. The van der Waals surface area contributed by atoms with Gasteiger partial charge < -0.3 is 9.80 Å². The van der Waals surface area contributed by atoms with Crippen molar-refractivity contribution in [3.05, 3.63) is 36.4 Å². The van der Waals surface area contributed by atoms with Crippen molar-refractivity contribution in [1.82, 2.24) is 29.5 Å². The van der Waals surface area contributed by atoms with Gasteiger partial charge in [-0.05, 0) is 32.5 Å². The summed E-state index contributed by atoms with van der Waals surface area (Å²) in [5, 5.41) is 4.41. The predicted octanol–water partition coefficient (Wildman–Crippen LogP) is 1.26. The average molecular weight is 341 g/mol. The second-order valence-electron chi connectivity index (χ2n) is 7.20. The maximum atomic E-state index is 4.61. The monoisotopic (exact) mass is 341 g/mol. The number of likely N-dealkylation sites (N-methyl/N-ethyl adjacent to an activating group) is 1. The van der Waals surface area contributed by atoms with Crippen LogP contribution < -0.4 is 4.90 Å². The van der Waals surface area contributed by atoms with Crippen LogP contribution in [0.3, 0.4) is 0 Å². The Labute approximate surface area is 149 Å². The van der Waals surface area contributed by atoms with Gasteiger partial charge in [0.05, 0.1) is 6.04 Å². The smallest absolute Gasteiger partial charge is 0.225 e. The van der Waals surface area contributed by atoms with E-state index in [1.165, 1.54) is 18.4 Å². The highest BCUT2D eigenvalue weighted by Crippen LogP contribution is 2.22. The first kappa shape index (κ1) is 16.5. The summed E-state index contributed by atoms with van der Waals surface area (Å²) in [5.74, 6) is 0.866. The Bertz CT molecular complexity index is 647. The molecular formula is C18H27N7. The van der Waals surface area contributed by atoms with Crippen molar-refractivity contribution in [3.8, 4) is 0 Å². The third kappa shape index (κ3) is 3.99. The number of aromatic nitrogens is 4. The molecule has 0 bridgehead atoms. The number of hydrogen-bond donors (Lipinski definition) is 0. The molecule has 0 spiro atoms. The molecule has 2 aliphatic rings. The van der Waals surface area contributed by atoms with Gasteiger partial charge >= 0.3 is 0 Å². The standard InChI is InChI=1S/C18H27N7/c1-22-8-10-24(11-9-22)18-19-12-16(13-20-18)14-23-6-2-4-17(15-23)25-7-3-5-21-25/h3,5,7,12-13,17H,2,4,6,8-11,14-15H2,1H3/t17-/m0/s1. The second kappa shape index (κ2) is 7.49. The molecule has 7 nitrogen and oxygen atoms in total. The van der Waals surface area contributed by atoms with Gasteiger partial charge in [0, 0.05) is 69.6 Å². The fraction of sp³-hybridized carbons (Fsp3) is 0.611. The average Bonchev–Trinajstić information content (AvgIpc) is 3.18. The number of likely N-dealkylation sites (tertiary alicyclic amines) is 1. The summed E-state index contributed by atoms with van der Waals surface area (Å²) in [7, 11) is 2.16. The zero-order valence-corrected chi connectivity index (χ0v) is 15.0. The van der Waals surface area contributed by atoms with E-state index in [0.717, 1.165) is 51.8 Å². The zero-order chi connectivity index (χ0) is 17.1. The molecule has 0 radical (unpaired) electrons. The van der Waals surface area contributed by atoms with Gasteiger partial charge in [0.2, 0.25) is 5.95 Å². The van der Waals surface area contributed by atoms with Crippen LogP contribution in [0.4, 0.5) is 5.95 Å². The highest BCUT2D eigenvalue weighted by molar-refractivity contribution is 5.30. The third-order valence-corrected chi connectivity index (χ3v) is 5.26. The van der Waals surface area contributed by atoms with Crippen LogP contribution in [0.25, 0.3) is 0 Å². The molecule has 0 amide bonds. The molecule has 2 aliphatic heterocycles. The molecule has 0 unspecified atom stereocenters. The minimum Gasteiger partial charge on any atom is -0.338 e. The van der Waals surface area contributed by atoms with Gasteiger partial charge in [0.1, 0.15) is 0 Å². The lowest BCUT2D eigenvalue weighted by molar-refractivity contribution is 0.163. The molecule has 2 aromatic heterocycles. The normalized spacial score (nSPS) is 23.1. The molecule has 1 atom stereocenters. The van der Waals surface area contributed by atoms with Crippen LogP contribution in [0.15, 0.2) is 30.9 Å². The van der Waals surface area contributed by atoms with Gasteiger partial charge in [-0.2, -0.15) is 5.10 Å². The van der Waals surface area contributed by atoms with E-state index in [1.54, 1.807) is 0 Å². The lowest BCUT2D eigenvalue weighted by Crippen LogP contribution is -2.45. The number of hydrogen-bond acceptors (Lipinski definition) is 6. The number of nitrogens with zero attached hydrogens (tertiary/aromatic N) is 7. The van der Waals surface area contributed by atoms with Crippen molar-refractivity contribution in [2.24, 2.45) is 0 Å². The van der Waals surface area contributed by atoms with Gasteiger partial charge in [-0.25, -0.2) is 9.97 Å². The van der Waals surface area contributed by atoms with E-state index in [9.17, 15) is 0 Å². The van der Waals surface area contributed by atoms with Crippen LogP contribution in [0.5, 0.6) is 0 Å². The topological polar surface area (TPSA) is 53.3 Å². The molecule has 0 aromatic carbocycles. The van der Waals surface area contributed by atoms with Gasteiger partial charge in [-0.15, -0.1) is 0 Å². The fourth-order valence-corrected chi connectivity index (χ4v) is 3.74. The lowest BCUT2D eigenvalue weighted by Gasteiger charge is -2.33. The zero-order valence-electron chi connectivity index (χ0n) is 15.0. The lowest BCUT2D eigenvalue weighted by atomic mass is 10.1. The first-order valence-corrected chi connectivity index (χ1v) is 9.24. The molecular weight excluding hydrogens is 314 g/mol. The third-order valence-electron chi connectivity index (χ3n) is 5.26. The Kier molecular flexibility index (Phi) is 4.94. The molecule has 0 N–H and O–H groups in total. The molecule has 134 valence electrons. The minimum atomic E-state index is 0.481. The second-order valence-corrected chi connectivity index (χ2v) is 7.20. The van der Waals surface area contributed by atoms with Crippen LogP contribution >= 0.6 is 0 Å². The molecule has 7 heteroatoms. The molecule has 2 aromatic rings. The molecule has 25 heavy (non-hydrogen) atoms. The molecule has 4 heterocycles. The largest absolute Gasteiger partial charge is 0.338 e. The number of piperidine rings is 1. The Balaban J connectivity index is 1.34. The predicted molar refractivity (Wildman–Crippen MR) is 97.5 cm³/mol. The Morgan fingerprint density at radius 2 is 1.88 bits per heavy atom.